The number of nitrogens with one attached hydrogen (secondary N) is 1. The Kier molecular flexibility index (Phi) is 9.72. The molecule has 0 radical (unpaired) electrons. The van der Waals surface area contributed by atoms with E-state index in [4.69, 9.17) is 20.9 Å². The van der Waals surface area contributed by atoms with Crippen LogP contribution in [0.25, 0.3) is 0 Å². The van der Waals surface area contributed by atoms with Crippen molar-refractivity contribution in [2.45, 2.75) is 19.4 Å². The molecule has 38 heavy (non-hydrogen) atoms. The first-order chi connectivity index (χ1) is 18.5. The number of amides is 1. The second kappa shape index (κ2) is 13.6. The first-order valence-corrected chi connectivity index (χ1v) is 13.0. The van der Waals surface area contributed by atoms with E-state index in [9.17, 15) is 4.79 Å². The number of anilines is 2. The number of likely N-dealkylation sites (tertiary alicyclic amines) is 1. The number of nitrogens with zero attached hydrogens (tertiary/aromatic N) is 2. The molecule has 1 saturated heterocycles. The van der Waals surface area contributed by atoms with E-state index >= 15 is 0 Å². The molecule has 5 N–H and O–H groups in total. The SMILES string of the molecule is CN1CCC(CNc2ccc(C(=O)N=C(N)c3ccc(OCCOCc4ccccc4)cc3N)cc2)CC1. The van der Waals surface area contributed by atoms with E-state index in [-0.39, 0.29) is 5.84 Å². The Morgan fingerprint density at radius 2 is 1.76 bits per heavy atom. The van der Waals surface area contributed by atoms with Gasteiger partial charge in [-0.05, 0) is 80.9 Å². The van der Waals surface area contributed by atoms with E-state index in [0.717, 1.165) is 30.9 Å². The third-order valence-corrected chi connectivity index (χ3v) is 6.69. The average molecular weight is 516 g/mol. The summed E-state index contributed by atoms with van der Waals surface area (Å²) in [6, 6.07) is 22.4. The molecular weight excluding hydrogens is 478 g/mol. The summed E-state index contributed by atoms with van der Waals surface area (Å²) in [5, 5.41) is 3.48. The van der Waals surface area contributed by atoms with Crippen LogP contribution in [0.15, 0.2) is 77.8 Å². The highest BCUT2D eigenvalue weighted by Crippen LogP contribution is 2.21. The fraction of sp³-hybridized carbons (Fsp3) is 0.333. The summed E-state index contributed by atoms with van der Waals surface area (Å²) in [6.07, 6.45) is 2.40. The summed E-state index contributed by atoms with van der Waals surface area (Å²) in [4.78, 5) is 19.1. The van der Waals surface area contributed by atoms with Crippen molar-refractivity contribution in [2.24, 2.45) is 16.6 Å². The number of aliphatic imine (C=N–C) groups is 1. The predicted molar refractivity (Wildman–Crippen MR) is 153 cm³/mol. The van der Waals surface area contributed by atoms with Gasteiger partial charge >= 0.3 is 0 Å². The number of amidine groups is 1. The molecule has 4 rings (SSSR count). The van der Waals surface area contributed by atoms with E-state index in [0.29, 0.717) is 48.3 Å². The van der Waals surface area contributed by atoms with Crippen LogP contribution in [0.2, 0.25) is 0 Å². The van der Waals surface area contributed by atoms with Crippen LogP contribution >= 0.6 is 0 Å². The Balaban J connectivity index is 1.24. The number of piperidine rings is 1. The molecule has 0 aromatic heterocycles. The molecule has 0 saturated carbocycles. The fourth-order valence-corrected chi connectivity index (χ4v) is 4.34. The van der Waals surface area contributed by atoms with E-state index < -0.39 is 5.91 Å². The molecular formula is C30H37N5O3. The molecule has 1 heterocycles. The van der Waals surface area contributed by atoms with Crippen molar-refractivity contribution >= 4 is 23.1 Å². The highest BCUT2D eigenvalue weighted by molar-refractivity contribution is 6.11. The lowest BCUT2D eigenvalue weighted by Gasteiger charge is -2.29. The number of rotatable bonds is 11. The molecule has 8 heteroatoms. The van der Waals surface area contributed by atoms with Gasteiger partial charge < -0.3 is 31.2 Å². The third-order valence-electron chi connectivity index (χ3n) is 6.69. The van der Waals surface area contributed by atoms with Crippen LogP contribution in [0.4, 0.5) is 11.4 Å². The molecule has 3 aromatic rings. The third kappa shape index (κ3) is 8.06. The summed E-state index contributed by atoms with van der Waals surface area (Å²) in [5.74, 6) is 0.915. The molecule has 0 unspecified atom stereocenters. The van der Waals surface area contributed by atoms with Gasteiger partial charge in [-0.3, -0.25) is 4.79 Å². The first-order valence-electron chi connectivity index (χ1n) is 13.0. The van der Waals surface area contributed by atoms with Gasteiger partial charge in [0.15, 0.2) is 0 Å². The van der Waals surface area contributed by atoms with Crippen LogP contribution < -0.4 is 21.5 Å². The summed E-state index contributed by atoms with van der Waals surface area (Å²) in [5.41, 5.74) is 15.7. The normalized spacial score (nSPS) is 14.8. The standard InChI is InChI=1S/C30H37N5O3/c1-35-15-13-22(14-16-35)20-33-25-9-7-24(8-10-25)30(36)34-29(32)27-12-11-26(19-28(27)31)38-18-17-37-21-23-5-3-2-4-6-23/h2-12,19,22,33H,13-18,20-21,31H2,1H3,(H2,32,34,36). The molecule has 8 nitrogen and oxygen atoms in total. The van der Waals surface area contributed by atoms with Crippen LogP contribution in [0, 0.1) is 5.92 Å². The monoisotopic (exact) mass is 515 g/mol. The molecule has 1 amide bonds. The van der Waals surface area contributed by atoms with Gasteiger partial charge in [0.05, 0.1) is 13.2 Å². The minimum atomic E-state index is -0.417. The van der Waals surface area contributed by atoms with Crippen LogP contribution in [0.5, 0.6) is 5.75 Å². The van der Waals surface area contributed by atoms with Crippen LogP contribution in [0.1, 0.15) is 34.3 Å². The number of benzene rings is 3. The minimum Gasteiger partial charge on any atom is -0.491 e. The lowest BCUT2D eigenvalue weighted by Crippen LogP contribution is -2.32. The van der Waals surface area contributed by atoms with Crippen LogP contribution in [-0.4, -0.2) is 56.5 Å². The van der Waals surface area contributed by atoms with Crippen molar-refractivity contribution < 1.29 is 14.3 Å². The summed E-state index contributed by atoms with van der Waals surface area (Å²) in [6.45, 7) is 4.58. The van der Waals surface area contributed by atoms with E-state index in [1.807, 2.05) is 42.5 Å². The van der Waals surface area contributed by atoms with Crippen molar-refractivity contribution in [3.8, 4) is 5.75 Å². The zero-order valence-electron chi connectivity index (χ0n) is 21.9. The topological polar surface area (TPSA) is 115 Å². The van der Waals surface area contributed by atoms with E-state index in [1.165, 1.54) is 12.8 Å². The molecule has 0 aliphatic carbocycles. The Labute approximate surface area is 224 Å². The summed E-state index contributed by atoms with van der Waals surface area (Å²) < 4.78 is 11.4. The minimum absolute atomic E-state index is 0.0645. The molecule has 1 fully saturated rings. The largest absolute Gasteiger partial charge is 0.491 e. The summed E-state index contributed by atoms with van der Waals surface area (Å²) >= 11 is 0. The number of nitrogen functional groups attached to an aromatic ring is 1. The second-order valence-corrected chi connectivity index (χ2v) is 9.64. The van der Waals surface area contributed by atoms with Gasteiger partial charge in [-0.2, -0.15) is 4.99 Å². The van der Waals surface area contributed by atoms with Crippen molar-refractivity contribution in [2.75, 3.05) is 50.9 Å². The van der Waals surface area contributed by atoms with Crippen LogP contribution in [-0.2, 0) is 11.3 Å². The maximum Gasteiger partial charge on any atom is 0.278 e. The van der Waals surface area contributed by atoms with E-state index in [2.05, 4.69) is 22.3 Å². The van der Waals surface area contributed by atoms with Gasteiger partial charge in [0, 0.05) is 35.1 Å². The molecule has 0 bridgehead atoms. The van der Waals surface area contributed by atoms with Gasteiger partial charge in [0.25, 0.3) is 5.91 Å². The second-order valence-electron chi connectivity index (χ2n) is 9.64. The lowest BCUT2D eigenvalue weighted by molar-refractivity contribution is 0.0889. The number of carbonyl (C=O) groups excluding carboxylic acids is 1. The summed E-state index contributed by atoms with van der Waals surface area (Å²) in [7, 11) is 2.17. The first kappa shape index (κ1) is 27.2. The van der Waals surface area contributed by atoms with Gasteiger partial charge in [0.1, 0.15) is 18.2 Å². The Bertz CT molecular complexity index is 1210. The van der Waals surface area contributed by atoms with E-state index in [1.54, 1.807) is 30.3 Å². The Hall–Kier alpha value is -3.88. The van der Waals surface area contributed by atoms with Gasteiger partial charge in [0.2, 0.25) is 0 Å². The highest BCUT2D eigenvalue weighted by atomic mass is 16.5. The zero-order valence-corrected chi connectivity index (χ0v) is 21.9. The zero-order chi connectivity index (χ0) is 26.7. The number of hydrogen-bond acceptors (Lipinski definition) is 6. The fourth-order valence-electron chi connectivity index (χ4n) is 4.34. The van der Waals surface area contributed by atoms with Crippen molar-refractivity contribution in [3.05, 3.63) is 89.5 Å². The van der Waals surface area contributed by atoms with Gasteiger partial charge in [-0.15, -0.1) is 0 Å². The molecule has 200 valence electrons. The number of nitrogens with two attached hydrogens (primary N) is 2. The quantitative estimate of drug-likeness (QED) is 0.152. The van der Waals surface area contributed by atoms with Crippen molar-refractivity contribution in [3.63, 3.8) is 0 Å². The number of ether oxygens (including phenoxy) is 2. The average Bonchev–Trinajstić information content (AvgIpc) is 2.93. The molecule has 0 atom stereocenters. The molecule has 0 spiro atoms. The predicted octanol–water partition coefficient (Wildman–Crippen LogP) is 4.16. The maximum atomic E-state index is 12.7. The lowest BCUT2D eigenvalue weighted by atomic mass is 9.97. The van der Waals surface area contributed by atoms with Gasteiger partial charge in [-0.1, -0.05) is 30.3 Å². The molecule has 1 aliphatic heterocycles. The molecule has 1 aliphatic rings. The van der Waals surface area contributed by atoms with Gasteiger partial charge in [-0.25, -0.2) is 0 Å². The maximum absolute atomic E-state index is 12.7. The van der Waals surface area contributed by atoms with Crippen molar-refractivity contribution in [1.82, 2.24) is 4.90 Å². The Morgan fingerprint density at radius 1 is 1.03 bits per heavy atom. The van der Waals surface area contributed by atoms with Crippen LogP contribution in [0.3, 0.4) is 0 Å². The number of carbonyl (C=O) groups is 1. The van der Waals surface area contributed by atoms with Crippen molar-refractivity contribution in [1.29, 1.82) is 0 Å². The number of hydrogen-bond donors (Lipinski definition) is 3. The Morgan fingerprint density at radius 3 is 2.47 bits per heavy atom. The molecule has 3 aromatic carbocycles. The smallest absolute Gasteiger partial charge is 0.278 e. The highest BCUT2D eigenvalue weighted by Gasteiger charge is 2.16.